The number of morpholine rings is 1. The summed E-state index contributed by atoms with van der Waals surface area (Å²) < 4.78 is 5.29. The maximum absolute atomic E-state index is 12.3. The van der Waals surface area contributed by atoms with E-state index in [2.05, 4.69) is 33.5 Å². The Balaban J connectivity index is 1.60. The predicted molar refractivity (Wildman–Crippen MR) is 95.3 cm³/mol. The predicted octanol–water partition coefficient (Wildman–Crippen LogP) is 1.20. The lowest BCUT2D eigenvalue weighted by Crippen LogP contribution is -2.50. The van der Waals surface area contributed by atoms with Gasteiger partial charge in [-0.3, -0.25) is 5.43 Å². The van der Waals surface area contributed by atoms with Gasteiger partial charge in [-0.1, -0.05) is 19.1 Å². The number of urea groups is 1. The number of nitrogens with zero attached hydrogens (tertiary/aromatic N) is 3. The zero-order chi connectivity index (χ0) is 16.8. The van der Waals surface area contributed by atoms with Gasteiger partial charge < -0.3 is 19.9 Å². The third-order valence-corrected chi connectivity index (χ3v) is 4.58. The minimum Gasteiger partial charge on any atom is -0.379 e. The van der Waals surface area contributed by atoms with Crippen LogP contribution >= 0.6 is 0 Å². The molecule has 2 fully saturated rings. The Morgan fingerprint density at radius 2 is 1.79 bits per heavy atom. The summed E-state index contributed by atoms with van der Waals surface area (Å²) in [4.78, 5) is 17.1. The number of carbonyl (C=O) groups excluding carboxylic acids is 1. The van der Waals surface area contributed by atoms with Gasteiger partial charge in [0.15, 0.2) is 0 Å². The number of nitrogens with one attached hydrogen (secondary N) is 2. The van der Waals surface area contributed by atoms with Gasteiger partial charge in [-0.15, -0.1) is 0 Å². The minimum atomic E-state index is -0.198. The first-order valence-electron chi connectivity index (χ1n) is 8.73. The fraction of sp³-hybridized carbons (Fsp3) is 0.588. The molecule has 3 rings (SSSR count). The summed E-state index contributed by atoms with van der Waals surface area (Å²) >= 11 is 0. The van der Waals surface area contributed by atoms with Crippen LogP contribution in [0.15, 0.2) is 24.3 Å². The number of hydrogen-bond donors (Lipinski definition) is 2. The van der Waals surface area contributed by atoms with Gasteiger partial charge in [0.1, 0.15) is 0 Å². The van der Waals surface area contributed by atoms with Crippen molar-refractivity contribution < 1.29 is 9.53 Å². The van der Waals surface area contributed by atoms with Crippen LogP contribution in [-0.2, 0) is 4.74 Å². The maximum Gasteiger partial charge on any atom is 0.333 e. The lowest BCUT2D eigenvalue weighted by atomic mass is 10.2. The normalized spacial score (nSPS) is 20.0. The van der Waals surface area contributed by atoms with Crippen LogP contribution in [0.2, 0.25) is 0 Å². The summed E-state index contributed by atoms with van der Waals surface area (Å²) in [5, 5.41) is 4.88. The molecule has 2 N–H and O–H groups in total. The molecular formula is C17H27N5O2. The largest absolute Gasteiger partial charge is 0.379 e. The molecule has 2 amide bonds. The average Bonchev–Trinajstić information content (AvgIpc) is 2.63. The molecule has 0 aromatic heterocycles. The van der Waals surface area contributed by atoms with E-state index in [0.717, 1.165) is 44.1 Å². The van der Waals surface area contributed by atoms with Gasteiger partial charge in [0.05, 0.1) is 24.6 Å². The average molecular weight is 333 g/mol. The lowest BCUT2D eigenvalue weighted by Gasteiger charge is -2.36. The van der Waals surface area contributed by atoms with Crippen molar-refractivity contribution in [3.8, 4) is 0 Å². The van der Waals surface area contributed by atoms with E-state index in [1.807, 2.05) is 23.2 Å². The van der Waals surface area contributed by atoms with E-state index in [4.69, 9.17) is 4.74 Å². The van der Waals surface area contributed by atoms with Gasteiger partial charge in [0, 0.05) is 39.3 Å². The van der Waals surface area contributed by atoms with E-state index in [-0.39, 0.29) is 6.03 Å². The van der Waals surface area contributed by atoms with Crippen LogP contribution in [0.3, 0.4) is 0 Å². The van der Waals surface area contributed by atoms with E-state index >= 15 is 0 Å². The number of hydrazine groups is 1. The highest BCUT2D eigenvalue weighted by Gasteiger charge is 2.19. The molecule has 24 heavy (non-hydrogen) atoms. The van der Waals surface area contributed by atoms with Crippen LogP contribution in [0.25, 0.3) is 0 Å². The molecule has 0 radical (unpaired) electrons. The van der Waals surface area contributed by atoms with Crippen LogP contribution in [0.4, 0.5) is 16.2 Å². The number of ether oxygens (including phenoxy) is 1. The van der Waals surface area contributed by atoms with E-state index in [9.17, 15) is 4.79 Å². The first-order chi connectivity index (χ1) is 11.8. The number of benzene rings is 1. The second-order valence-electron chi connectivity index (χ2n) is 6.10. The smallest absolute Gasteiger partial charge is 0.333 e. The van der Waals surface area contributed by atoms with E-state index < -0.39 is 0 Å². The maximum atomic E-state index is 12.3. The Labute approximate surface area is 143 Å². The number of hydrogen-bond acceptors (Lipinski definition) is 5. The topological polar surface area (TPSA) is 60.1 Å². The van der Waals surface area contributed by atoms with E-state index in [1.54, 1.807) is 0 Å². The molecule has 2 aliphatic rings. The Morgan fingerprint density at radius 3 is 2.50 bits per heavy atom. The molecular weight excluding hydrogens is 306 g/mol. The van der Waals surface area contributed by atoms with Crippen LogP contribution in [0.5, 0.6) is 0 Å². The molecule has 2 heterocycles. The van der Waals surface area contributed by atoms with Crippen molar-refractivity contribution >= 4 is 17.4 Å². The number of rotatable bonds is 4. The molecule has 0 aliphatic carbocycles. The quantitative estimate of drug-likeness (QED) is 0.867. The monoisotopic (exact) mass is 333 g/mol. The van der Waals surface area contributed by atoms with E-state index in [0.29, 0.717) is 26.3 Å². The Bertz CT molecular complexity index is 540. The number of likely N-dealkylation sites (N-methyl/N-ethyl adjacent to an activating group) is 1. The number of piperazine rings is 1. The van der Waals surface area contributed by atoms with Gasteiger partial charge in [0.25, 0.3) is 0 Å². The second-order valence-corrected chi connectivity index (χ2v) is 6.10. The Morgan fingerprint density at radius 1 is 1.08 bits per heavy atom. The molecule has 132 valence electrons. The summed E-state index contributed by atoms with van der Waals surface area (Å²) in [6.45, 7) is 10.1. The van der Waals surface area contributed by atoms with Crippen molar-refractivity contribution in [2.45, 2.75) is 6.92 Å². The molecule has 0 unspecified atom stereocenters. The zero-order valence-electron chi connectivity index (χ0n) is 14.3. The fourth-order valence-corrected chi connectivity index (χ4v) is 3.13. The van der Waals surface area contributed by atoms with E-state index in [1.165, 1.54) is 0 Å². The highest BCUT2D eigenvalue weighted by atomic mass is 16.5. The third kappa shape index (κ3) is 4.37. The lowest BCUT2D eigenvalue weighted by molar-refractivity contribution is 0.0207. The molecule has 0 saturated carbocycles. The van der Waals surface area contributed by atoms with Gasteiger partial charge in [-0.25, -0.2) is 9.80 Å². The molecule has 0 spiro atoms. The summed E-state index contributed by atoms with van der Waals surface area (Å²) in [5.41, 5.74) is 4.83. The molecule has 2 aliphatic heterocycles. The first kappa shape index (κ1) is 17.0. The highest BCUT2D eigenvalue weighted by Crippen LogP contribution is 2.26. The van der Waals surface area contributed by atoms with Gasteiger partial charge in [-0.05, 0) is 18.7 Å². The minimum absolute atomic E-state index is 0.198. The van der Waals surface area contributed by atoms with Gasteiger partial charge in [0.2, 0.25) is 0 Å². The molecule has 7 heteroatoms. The summed E-state index contributed by atoms with van der Waals surface area (Å²) in [5.74, 6) is 0. The van der Waals surface area contributed by atoms with Crippen LogP contribution < -0.4 is 15.6 Å². The van der Waals surface area contributed by atoms with Crippen molar-refractivity contribution in [2.24, 2.45) is 0 Å². The number of anilines is 2. The number of amides is 2. The molecule has 0 atom stereocenters. The fourth-order valence-electron chi connectivity index (χ4n) is 3.13. The number of carbonyl (C=O) groups is 1. The van der Waals surface area contributed by atoms with Crippen molar-refractivity contribution in [3.05, 3.63) is 24.3 Å². The van der Waals surface area contributed by atoms with Gasteiger partial charge in [-0.2, -0.15) is 0 Å². The molecule has 2 saturated heterocycles. The Hall–Kier alpha value is -1.83. The Kier molecular flexibility index (Phi) is 5.90. The zero-order valence-corrected chi connectivity index (χ0v) is 14.3. The number of para-hydroxylation sites is 2. The molecule has 1 aromatic carbocycles. The SMILES string of the molecule is CCN1CCN(c2ccccc2NC(=O)NN2CCOCC2)CC1. The van der Waals surface area contributed by atoms with Crippen molar-refractivity contribution in [2.75, 3.05) is 69.2 Å². The molecule has 1 aromatic rings. The second kappa shape index (κ2) is 8.32. The summed E-state index contributed by atoms with van der Waals surface area (Å²) in [6, 6.07) is 7.81. The first-order valence-corrected chi connectivity index (χ1v) is 8.73. The van der Waals surface area contributed by atoms with Crippen LogP contribution in [0.1, 0.15) is 6.92 Å². The van der Waals surface area contributed by atoms with Crippen molar-refractivity contribution in [1.29, 1.82) is 0 Å². The summed E-state index contributed by atoms with van der Waals surface area (Å²) in [6.07, 6.45) is 0. The highest BCUT2D eigenvalue weighted by molar-refractivity contribution is 5.93. The van der Waals surface area contributed by atoms with Gasteiger partial charge >= 0.3 is 6.03 Å². The van der Waals surface area contributed by atoms with Crippen molar-refractivity contribution in [1.82, 2.24) is 15.3 Å². The van der Waals surface area contributed by atoms with Crippen molar-refractivity contribution in [3.63, 3.8) is 0 Å². The third-order valence-electron chi connectivity index (χ3n) is 4.58. The molecule has 7 nitrogen and oxygen atoms in total. The molecule has 0 bridgehead atoms. The standard InChI is InChI=1S/C17H27N5O2/c1-2-20-7-9-21(10-8-20)16-6-4-3-5-15(16)18-17(23)19-22-11-13-24-14-12-22/h3-6H,2,7-14H2,1H3,(H2,18,19,23). The summed E-state index contributed by atoms with van der Waals surface area (Å²) in [7, 11) is 0. The van der Waals surface area contributed by atoms with Crippen LogP contribution in [0, 0.1) is 0 Å². The van der Waals surface area contributed by atoms with Crippen LogP contribution in [-0.4, -0.2) is 75.0 Å².